The van der Waals surface area contributed by atoms with Gasteiger partial charge in [-0.3, -0.25) is 0 Å². The summed E-state index contributed by atoms with van der Waals surface area (Å²) < 4.78 is 37.5. The molecule has 1 aromatic carbocycles. The maximum atomic E-state index is 12.5. The quantitative estimate of drug-likeness (QED) is 0.888. The molecule has 0 radical (unpaired) electrons. The predicted octanol–water partition coefficient (Wildman–Crippen LogP) is 2.58. The number of carbonyl (C=O) groups excluding carboxylic acids is 1. The third-order valence-electron chi connectivity index (χ3n) is 2.97. The Kier molecular flexibility index (Phi) is 5.51. The van der Waals surface area contributed by atoms with Gasteiger partial charge in [0.15, 0.2) is 0 Å². The van der Waals surface area contributed by atoms with E-state index >= 15 is 0 Å². The lowest BCUT2D eigenvalue weighted by molar-refractivity contribution is -0.127. The third kappa shape index (κ3) is 5.93. The van der Waals surface area contributed by atoms with E-state index in [1.165, 1.54) is 12.1 Å². The molecule has 122 valence electrons. The second-order valence-electron chi connectivity index (χ2n) is 4.76. The van der Waals surface area contributed by atoms with Gasteiger partial charge in [-0.15, -0.1) is 0 Å². The molecule has 1 aromatic heterocycles. The SMILES string of the molecule is O=C(NCc1ncccn1)NCc1ccccc1CC(F)(F)F. The molecular weight excluding hydrogens is 309 g/mol. The molecule has 23 heavy (non-hydrogen) atoms. The Morgan fingerprint density at radius 2 is 1.57 bits per heavy atom. The van der Waals surface area contributed by atoms with Crippen molar-refractivity contribution in [2.45, 2.75) is 25.7 Å². The van der Waals surface area contributed by atoms with Crippen LogP contribution in [0.1, 0.15) is 17.0 Å². The van der Waals surface area contributed by atoms with Crippen LogP contribution in [-0.4, -0.2) is 22.2 Å². The second kappa shape index (κ2) is 7.57. The minimum absolute atomic E-state index is 0.00767. The Balaban J connectivity index is 1.87. The van der Waals surface area contributed by atoms with Crippen LogP contribution in [0.5, 0.6) is 0 Å². The van der Waals surface area contributed by atoms with E-state index in [-0.39, 0.29) is 18.7 Å². The first-order chi connectivity index (χ1) is 10.9. The number of benzene rings is 1. The Morgan fingerprint density at radius 3 is 2.22 bits per heavy atom. The van der Waals surface area contributed by atoms with Crippen molar-refractivity contribution in [2.75, 3.05) is 0 Å². The van der Waals surface area contributed by atoms with E-state index in [4.69, 9.17) is 0 Å². The van der Waals surface area contributed by atoms with Crippen LogP contribution in [0.2, 0.25) is 0 Å². The van der Waals surface area contributed by atoms with E-state index < -0.39 is 18.6 Å². The summed E-state index contributed by atoms with van der Waals surface area (Å²) >= 11 is 0. The Labute approximate surface area is 131 Å². The van der Waals surface area contributed by atoms with Crippen LogP contribution in [0.4, 0.5) is 18.0 Å². The lowest BCUT2D eigenvalue weighted by atomic mass is 10.0. The summed E-state index contributed by atoms with van der Waals surface area (Å²) in [6, 6.07) is 7.28. The predicted molar refractivity (Wildman–Crippen MR) is 77.3 cm³/mol. The molecule has 0 fully saturated rings. The van der Waals surface area contributed by atoms with Crippen molar-refractivity contribution in [3.05, 3.63) is 59.7 Å². The van der Waals surface area contributed by atoms with Crippen LogP contribution >= 0.6 is 0 Å². The number of hydrogen-bond donors (Lipinski definition) is 2. The highest BCUT2D eigenvalue weighted by molar-refractivity contribution is 5.73. The molecule has 0 bridgehead atoms. The highest BCUT2D eigenvalue weighted by atomic mass is 19.4. The summed E-state index contributed by atoms with van der Waals surface area (Å²) in [7, 11) is 0. The summed E-state index contributed by atoms with van der Waals surface area (Å²) in [5, 5.41) is 5.06. The van der Waals surface area contributed by atoms with Crippen molar-refractivity contribution in [3.8, 4) is 0 Å². The normalized spacial score (nSPS) is 11.1. The van der Waals surface area contributed by atoms with Gasteiger partial charge in [0.2, 0.25) is 0 Å². The van der Waals surface area contributed by atoms with Crippen LogP contribution in [0.25, 0.3) is 0 Å². The number of alkyl halides is 3. The zero-order valence-electron chi connectivity index (χ0n) is 12.1. The molecule has 2 N–H and O–H groups in total. The highest BCUT2D eigenvalue weighted by Crippen LogP contribution is 2.23. The molecule has 0 saturated carbocycles. The van der Waals surface area contributed by atoms with Crippen molar-refractivity contribution < 1.29 is 18.0 Å². The fourth-order valence-electron chi connectivity index (χ4n) is 1.94. The molecule has 5 nitrogen and oxygen atoms in total. The summed E-state index contributed by atoms with van der Waals surface area (Å²) in [5.74, 6) is 0.445. The summed E-state index contributed by atoms with van der Waals surface area (Å²) in [6.45, 7) is 0.143. The van der Waals surface area contributed by atoms with Crippen LogP contribution in [0, 0.1) is 0 Å². The van der Waals surface area contributed by atoms with Crippen molar-refractivity contribution >= 4 is 6.03 Å². The number of aromatic nitrogens is 2. The minimum Gasteiger partial charge on any atom is -0.334 e. The number of nitrogens with one attached hydrogen (secondary N) is 2. The number of amides is 2. The fraction of sp³-hybridized carbons (Fsp3) is 0.267. The van der Waals surface area contributed by atoms with Gasteiger partial charge in [0.25, 0.3) is 0 Å². The smallest absolute Gasteiger partial charge is 0.334 e. The van der Waals surface area contributed by atoms with Gasteiger partial charge in [0, 0.05) is 18.9 Å². The van der Waals surface area contributed by atoms with E-state index in [0.29, 0.717) is 11.4 Å². The van der Waals surface area contributed by atoms with E-state index in [1.54, 1.807) is 30.6 Å². The van der Waals surface area contributed by atoms with Gasteiger partial charge in [-0.05, 0) is 17.2 Å². The van der Waals surface area contributed by atoms with Gasteiger partial charge in [0.05, 0.1) is 13.0 Å². The number of hydrogen-bond acceptors (Lipinski definition) is 3. The summed E-state index contributed by atoms with van der Waals surface area (Å²) in [5.41, 5.74) is 0.572. The number of carbonyl (C=O) groups is 1. The third-order valence-corrected chi connectivity index (χ3v) is 2.97. The van der Waals surface area contributed by atoms with Crippen LogP contribution in [0.15, 0.2) is 42.7 Å². The molecule has 0 aliphatic carbocycles. The highest BCUT2D eigenvalue weighted by Gasteiger charge is 2.28. The zero-order chi connectivity index (χ0) is 16.7. The molecule has 8 heteroatoms. The largest absolute Gasteiger partial charge is 0.393 e. The molecule has 0 saturated heterocycles. The molecule has 1 heterocycles. The molecule has 2 aromatic rings. The lowest BCUT2D eigenvalue weighted by Gasteiger charge is -2.13. The number of urea groups is 1. The maximum absolute atomic E-state index is 12.5. The molecule has 0 unspecified atom stereocenters. The molecule has 0 aliphatic rings. The van der Waals surface area contributed by atoms with Crippen molar-refractivity contribution in [3.63, 3.8) is 0 Å². The molecule has 0 spiro atoms. The van der Waals surface area contributed by atoms with Crippen LogP contribution in [-0.2, 0) is 19.5 Å². The first kappa shape index (κ1) is 16.7. The average Bonchev–Trinajstić information content (AvgIpc) is 2.51. The van der Waals surface area contributed by atoms with E-state index in [0.717, 1.165) is 0 Å². The first-order valence-corrected chi connectivity index (χ1v) is 6.85. The topological polar surface area (TPSA) is 66.9 Å². The fourth-order valence-corrected chi connectivity index (χ4v) is 1.94. The number of halogens is 3. The van der Waals surface area contributed by atoms with Crippen molar-refractivity contribution in [2.24, 2.45) is 0 Å². The zero-order valence-corrected chi connectivity index (χ0v) is 12.1. The van der Waals surface area contributed by atoms with Gasteiger partial charge >= 0.3 is 12.2 Å². The van der Waals surface area contributed by atoms with Crippen molar-refractivity contribution in [1.82, 2.24) is 20.6 Å². The van der Waals surface area contributed by atoms with Crippen LogP contribution < -0.4 is 10.6 Å². The van der Waals surface area contributed by atoms with Gasteiger partial charge in [-0.1, -0.05) is 24.3 Å². The van der Waals surface area contributed by atoms with Gasteiger partial charge < -0.3 is 10.6 Å². The van der Waals surface area contributed by atoms with E-state index in [9.17, 15) is 18.0 Å². The summed E-state index contributed by atoms with van der Waals surface area (Å²) in [6.07, 6.45) is -2.21. The lowest BCUT2D eigenvalue weighted by Crippen LogP contribution is -2.35. The maximum Gasteiger partial charge on any atom is 0.393 e. The van der Waals surface area contributed by atoms with Gasteiger partial charge in [-0.2, -0.15) is 13.2 Å². The van der Waals surface area contributed by atoms with E-state index in [2.05, 4.69) is 20.6 Å². The average molecular weight is 324 g/mol. The Bertz CT molecular complexity index is 647. The van der Waals surface area contributed by atoms with Crippen molar-refractivity contribution in [1.29, 1.82) is 0 Å². The second-order valence-corrected chi connectivity index (χ2v) is 4.76. The monoisotopic (exact) mass is 324 g/mol. The van der Waals surface area contributed by atoms with E-state index in [1.807, 2.05) is 0 Å². The number of rotatable bonds is 5. The standard InChI is InChI=1S/C15H15F3N4O/c16-15(17,18)8-11-4-1-2-5-12(11)9-21-14(23)22-10-13-19-6-3-7-20-13/h1-7H,8-10H2,(H2,21,22,23). The summed E-state index contributed by atoms with van der Waals surface area (Å²) in [4.78, 5) is 19.6. The first-order valence-electron chi connectivity index (χ1n) is 6.85. The minimum atomic E-state index is -4.29. The van der Waals surface area contributed by atoms with Gasteiger partial charge in [-0.25, -0.2) is 14.8 Å². The molecule has 0 atom stereocenters. The van der Waals surface area contributed by atoms with Crippen LogP contribution in [0.3, 0.4) is 0 Å². The Hall–Kier alpha value is -2.64. The van der Waals surface area contributed by atoms with Gasteiger partial charge in [0.1, 0.15) is 5.82 Å². The number of nitrogens with zero attached hydrogens (tertiary/aromatic N) is 2. The molecule has 0 aliphatic heterocycles. The Morgan fingerprint density at radius 1 is 0.957 bits per heavy atom. The molecular formula is C15H15F3N4O. The molecule has 2 rings (SSSR count). The molecule has 2 amide bonds.